The van der Waals surface area contributed by atoms with Crippen LogP contribution in [0.5, 0.6) is 11.5 Å². The number of fused-ring (bicyclic) bond motifs is 1. The first-order valence-electron chi connectivity index (χ1n) is 10.9. The lowest BCUT2D eigenvalue weighted by molar-refractivity contribution is -0.122. The first-order valence-corrected chi connectivity index (χ1v) is 11.3. The SMILES string of the molecule is CCOc1ccccc1NC(=O)C(C)Oc1c(-c2ccccc2)oc2cc(C)c(Cl)cc2c1=O. The number of halogens is 1. The summed E-state index contributed by atoms with van der Waals surface area (Å²) in [5.41, 5.74) is 1.93. The summed E-state index contributed by atoms with van der Waals surface area (Å²) in [6.45, 7) is 5.72. The molecule has 3 aromatic carbocycles. The molecule has 0 radical (unpaired) electrons. The monoisotopic (exact) mass is 477 g/mol. The lowest BCUT2D eigenvalue weighted by Crippen LogP contribution is -2.32. The van der Waals surface area contributed by atoms with E-state index in [4.69, 9.17) is 25.5 Å². The van der Waals surface area contributed by atoms with E-state index in [0.717, 1.165) is 5.56 Å². The summed E-state index contributed by atoms with van der Waals surface area (Å²) in [4.78, 5) is 26.4. The van der Waals surface area contributed by atoms with E-state index in [9.17, 15) is 9.59 Å². The number of hydrogen-bond donors (Lipinski definition) is 1. The number of amides is 1. The van der Waals surface area contributed by atoms with Gasteiger partial charge in [0.25, 0.3) is 5.91 Å². The van der Waals surface area contributed by atoms with Gasteiger partial charge in [-0.05, 0) is 50.6 Å². The minimum atomic E-state index is -1.00. The van der Waals surface area contributed by atoms with Crippen LogP contribution in [-0.4, -0.2) is 18.6 Å². The Hall–Kier alpha value is -3.77. The predicted octanol–water partition coefficient (Wildman–Crippen LogP) is 6.23. The van der Waals surface area contributed by atoms with Crippen molar-refractivity contribution in [1.82, 2.24) is 0 Å². The van der Waals surface area contributed by atoms with Gasteiger partial charge in [0.1, 0.15) is 11.3 Å². The van der Waals surface area contributed by atoms with Gasteiger partial charge in [-0.1, -0.05) is 54.1 Å². The molecular weight excluding hydrogens is 454 g/mol. The number of para-hydroxylation sites is 2. The van der Waals surface area contributed by atoms with Crippen molar-refractivity contribution in [2.24, 2.45) is 0 Å². The number of carbonyl (C=O) groups excluding carboxylic acids is 1. The van der Waals surface area contributed by atoms with Crippen molar-refractivity contribution >= 4 is 34.2 Å². The molecule has 1 heterocycles. The molecule has 0 spiro atoms. The van der Waals surface area contributed by atoms with Gasteiger partial charge in [0.05, 0.1) is 17.7 Å². The van der Waals surface area contributed by atoms with Crippen LogP contribution in [0.25, 0.3) is 22.3 Å². The van der Waals surface area contributed by atoms with Gasteiger partial charge in [-0.25, -0.2) is 0 Å². The molecule has 0 aliphatic carbocycles. The van der Waals surface area contributed by atoms with E-state index in [2.05, 4.69) is 5.32 Å². The van der Waals surface area contributed by atoms with Crippen LogP contribution in [0, 0.1) is 6.92 Å². The number of hydrogen-bond acceptors (Lipinski definition) is 5. The zero-order chi connectivity index (χ0) is 24.2. The molecule has 0 bridgehead atoms. The molecule has 1 N–H and O–H groups in total. The third kappa shape index (κ3) is 4.77. The lowest BCUT2D eigenvalue weighted by Gasteiger charge is -2.18. The van der Waals surface area contributed by atoms with Crippen molar-refractivity contribution in [3.63, 3.8) is 0 Å². The van der Waals surface area contributed by atoms with Gasteiger partial charge in [-0.15, -0.1) is 0 Å². The maximum atomic E-state index is 13.4. The maximum Gasteiger partial charge on any atom is 0.265 e. The highest BCUT2D eigenvalue weighted by Crippen LogP contribution is 2.33. The second-order valence-electron chi connectivity index (χ2n) is 7.73. The Labute approximate surface area is 202 Å². The molecule has 0 fully saturated rings. The Morgan fingerprint density at radius 1 is 1.09 bits per heavy atom. The van der Waals surface area contributed by atoms with Crippen LogP contribution in [0.4, 0.5) is 5.69 Å². The van der Waals surface area contributed by atoms with Gasteiger partial charge in [0, 0.05) is 10.6 Å². The molecule has 4 rings (SSSR count). The zero-order valence-electron chi connectivity index (χ0n) is 19.1. The molecular formula is C27H24ClNO5. The number of carbonyl (C=O) groups is 1. The van der Waals surface area contributed by atoms with Crippen molar-refractivity contribution in [3.8, 4) is 22.8 Å². The highest BCUT2D eigenvalue weighted by Gasteiger charge is 2.24. The molecule has 1 aromatic heterocycles. The van der Waals surface area contributed by atoms with E-state index in [-0.39, 0.29) is 16.9 Å². The average molecular weight is 478 g/mol. The third-order valence-electron chi connectivity index (χ3n) is 5.27. The first kappa shape index (κ1) is 23.4. The molecule has 6 nitrogen and oxygen atoms in total. The van der Waals surface area contributed by atoms with Gasteiger partial charge >= 0.3 is 0 Å². The highest BCUT2D eigenvalue weighted by molar-refractivity contribution is 6.32. The van der Waals surface area contributed by atoms with Gasteiger partial charge in [0.2, 0.25) is 11.2 Å². The van der Waals surface area contributed by atoms with E-state index in [1.807, 2.05) is 50.2 Å². The maximum absolute atomic E-state index is 13.4. The Balaban J connectivity index is 1.73. The molecule has 1 amide bonds. The quantitative estimate of drug-likeness (QED) is 0.341. The van der Waals surface area contributed by atoms with E-state index in [1.165, 1.54) is 0 Å². The van der Waals surface area contributed by atoms with Crippen molar-refractivity contribution in [1.29, 1.82) is 0 Å². The molecule has 0 saturated carbocycles. The van der Waals surface area contributed by atoms with Crippen LogP contribution < -0.4 is 20.2 Å². The summed E-state index contributed by atoms with van der Waals surface area (Å²) in [5.74, 6) is 0.298. The number of benzene rings is 3. The fraction of sp³-hybridized carbons (Fsp3) is 0.185. The summed E-state index contributed by atoms with van der Waals surface area (Å²) in [7, 11) is 0. The average Bonchev–Trinajstić information content (AvgIpc) is 2.84. The Bertz CT molecular complexity index is 1400. The normalized spacial score (nSPS) is 11.8. The van der Waals surface area contributed by atoms with E-state index in [1.54, 1.807) is 37.3 Å². The highest BCUT2D eigenvalue weighted by atomic mass is 35.5. The number of nitrogens with one attached hydrogen (secondary N) is 1. The number of rotatable bonds is 7. The fourth-order valence-corrected chi connectivity index (χ4v) is 3.66. The molecule has 1 unspecified atom stereocenters. The van der Waals surface area contributed by atoms with Crippen LogP contribution >= 0.6 is 11.6 Å². The largest absolute Gasteiger partial charge is 0.492 e. The molecule has 7 heteroatoms. The van der Waals surface area contributed by atoms with Gasteiger partial charge in [0.15, 0.2) is 11.9 Å². The van der Waals surface area contributed by atoms with Crippen LogP contribution in [-0.2, 0) is 4.79 Å². The topological polar surface area (TPSA) is 77.8 Å². The van der Waals surface area contributed by atoms with E-state index < -0.39 is 17.4 Å². The van der Waals surface area contributed by atoms with Gasteiger partial charge in [-0.3, -0.25) is 9.59 Å². The fourth-order valence-electron chi connectivity index (χ4n) is 3.50. The standard InChI is InChI=1S/C27H24ClNO5/c1-4-32-22-13-9-8-12-21(22)29-27(31)17(3)33-26-24(30)19-15-20(28)16(2)14-23(19)34-25(26)18-10-6-5-7-11-18/h5-15,17H,4H2,1-3H3,(H,29,31). The minimum Gasteiger partial charge on any atom is -0.492 e. The van der Waals surface area contributed by atoms with Crippen molar-refractivity contribution in [2.75, 3.05) is 11.9 Å². The zero-order valence-corrected chi connectivity index (χ0v) is 19.8. The predicted molar refractivity (Wildman–Crippen MR) is 134 cm³/mol. The Morgan fingerprint density at radius 3 is 2.53 bits per heavy atom. The summed E-state index contributed by atoms with van der Waals surface area (Å²) in [6.07, 6.45) is -1.00. The van der Waals surface area contributed by atoms with Crippen molar-refractivity contribution in [3.05, 3.63) is 87.5 Å². The van der Waals surface area contributed by atoms with Crippen LogP contribution in [0.3, 0.4) is 0 Å². The molecule has 0 aliphatic rings. The van der Waals surface area contributed by atoms with E-state index >= 15 is 0 Å². The van der Waals surface area contributed by atoms with Crippen LogP contribution in [0.2, 0.25) is 5.02 Å². The minimum absolute atomic E-state index is 0.0561. The molecule has 1 atom stereocenters. The number of aryl methyl sites for hydroxylation is 1. The second-order valence-corrected chi connectivity index (χ2v) is 8.14. The Morgan fingerprint density at radius 2 is 1.79 bits per heavy atom. The summed E-state index contributed by atoms with van der Waals surface area (Å²) in [6, 6.07) is 19.5. The molecule has 34 heavy (non-hydrogen) atoms. The van der Waals surface area contributed by atoms with Crippen LogP contribution in [0.1, 0.15) is 19.4 Å². The van der Waals surface area contributed by atoms with Gasteiger partial charge in [-0.2, -0.15) is 0 Å². The summed E-state index contributed by atoms with van der Waals surface area (Å²) >= 11 is 6.26. The summed E-state index contributed by atoms with van der Waals surface area (Å²) in [5, 5.41) is 3.52. The molecule has 4 aromatic rings. The Kier molecular flexibility index (Phi) is 6.89. The van der Waals surface area contributed by atoms with E-state index in [0.29, 0.717) is 34.2 Å². The molecule has 0 aliphatic heterocycles. The third-order valence-corrected chi connectivity index (χ3v) is 5.68. The smallest absolute Gasteiger partial charge is 0.265 e. The summed E-state index contributed by atoms with van der Waals surface area (Å²) < 4.78 is 17.6. The van der Waals surface area contributed by atoms with Crippen molar-refractivity contribution in [2.45, 2.75) is 26.9 Å². The second kappa shape index (κ2) is 10.0. The lowest BCUT2D eigenvalue weighted by atomic mass is 10.1. The first-order chi connectivity index (χ1) is 16.4. The number of ether oxygens (including phenoxy) is 2. The molecule has 174 valence electrons. The number of anilines is 1. The van der Waals surface area contributed by atoms with Gasteiger partial charge < -0.3 is 19.2 Å². The molecule has 0 saturated heterocycles. The van der Waals surface area contributed by atoms with Crippen molar-refractivity contribution < 1.29 is 18.7 Å². The van der Waals surface area contributed by atoms with Crippen LogP contribution in [0.15, 0.2) is 75.9 Å².